The third-order valence-corrected chi connectivity index (χ3v) is 5.95. The van der Waals surface area contributed by atoms with Crippen molar-refractivity contribution in [2.75, 3.05) is 0 Å². The highest BCUT2D eigenvalue weighted by Crippen LogP contribution is 2.39. The van der Waals surface area contributed by atoms with Gasteiger partial charge in [0, 0.05) is 16.5 Å². The lowest BCUT2D eigenvalue weighted by atomic mass is 9.75. The molecule has 27 heavy (non-hydrogen) atoms. The zero-order chi connectivity index (χ0) is 20.2. The first kappa shape index (κ1) is 21.3. The van der Waals surface area contributed by atoms with E-state index in [0.717, 1.165) is 35.1 Å². The Hall–Kier alpha value is -2.04. The van der Waals surface area contributed by atoms with E-state index in [4.69, 9.17) is 0 Å². The minimum Gasteiger partial charge on any atom is -0.340 e. The number of hydrogen-bond donors (Lipinski definition) is 2. The quantitative estimate of drug-likeness (QED) is 0.398. The van der Waals surface area contributed by atoms with Gasteiger partial charge in [-0.25, -0.2) is 10.5 Å². The molecule has 0 aromatic heterocycles. The molecule has 0 aliphatic rings. The van der Waals surface area contributed by atoms with E-state index in [1.807, 2.05) is 24.3 Å². The second-order valence-corrected chi connectivity index (χ2v) is 7.93. The lowest BCUT2D eigenvalue weighted by Gasteiger charge is -2.29. The fourth-order valence-corrected chi connectivity index (χ4v) is 3.42. The third kappa shape index (κ3) is 4.28. The summed E-state index contributed by atoms with van der Waals surface area (Å²) in [6.45, 7) is 12.9. The largest absolute Gasteiger partial charge is 0.340 e. The summed E-state index contributed by atoms with van der Waals surface area (Å²) < 4.78 is 0. The lowest BCUT2D eigenvalue weighted by molar-refractivity contribution is -0.138. The number of hydrogen-bond acceptors (Lipinski definition) is 4. The van der Waals surface area contributed by atoms with Crippen LogP contribution in [0.1, 0.15) is 88.5 Å². The summed E-state index contributed by atoms with van der Waals surface area (Å²) in [5, 5.41) is 18.4. The first-order valence-corrected chi connectivity index (χ1v) is 9.71. The fraction of sp³-hybridized carbons (Fsp3) is 0.478. The molecule has 2 unspecified atom stereocenters. The predicted molar refractivity (Wildman–Crippen MR) is 109 cm³/mol. The molecule has 2 atom stereocenters. The van der Waals surface area contributed by atoms with Crippen molar-refractivity contribution in [3.63, 3.8) is 0 Å². The molecule has 4 nitrogen and oxygen atoms in total. The van der Waals surface area contributed by atoms with Gasteiger partial charge in [0.25, 0.3) is 0 Å². The van der Waals surface area contributed by atoms with Gasteiger partial charge in [0.2, 0.25) is 0 Å². The van der Waals surface area contributed by atoms with Crippen molar-refractivity contribution >= 4 is 0 Å². The summed E-state index contributed by atoms with van der Waals surface area (Å²) in [7, 11) is 0. The van der Waals surface area contributed by atoms with E-state index in [2.05, 4.69) is 63.5 Å². The Kier molecular flexibility index (Phi) is 6.90. The number of rotatable bonds is 8. The van der Waals surface area contributed by atoms with Crippen LogP contribution in [0.2, 0.25) is 0 Å². The Morgan fingerprint density at radius 2 is 1.15 bits per heavy atom. The minimum absolute atomic E-state index is 0.258. The Labute approximate surface area is 162 Å². The molecule has 2 aromatic carbocycles. The van der Waals surface area contributed by atoms with Crippen molar-refractivity contribution in [3.8, 4) is 11.5 Å². The van der Waals surface area contributed by atoms with Crippen LogP contribution in [0, 0.1) is 0 Å². The Balaban J connectivity index is 2.55. The first-order valence-electron chi connectivity index (χ1n) is 9.71. The van der Waals surface area contributed by atoms with Crippen molar-refractivity contribution in [1.82, 2.24) is 0 Å². The van der Waals surface area contributed by atoms with Crippen molar-refractivity contribution in [2.24, 2.45) is 0 Å². The van der Waals surface area contributed by atoms with Crippen molar-refractivity contribution in [3.05, 3.63) is 58.7 Å². The van der Waals surface area contributed by atoms with Crippen LogP contribution in [-0.4, -0.2) is 10.5 Å². The van der Waals surface area contributed by atoms with E-state index in [0.29, 0.717) is 11.5 Å². The van der Waals surface area contributed by atoms with Crippen LogP contribution in [0.3, 0.4) is 0 Å². The van der Waals surface area contributed by atoms with Gasteiger partial charge in [-0.1, -0.05) is 65.8 Å². The molecule has 2 N–H and O–H groups in total. The van der Waals surface area contributed by atoms with Gasteiger partial charge < -0.3 is 9.78 Å². The van der Waals surface area contributed by atoms with Gasteiger partial charge in [-0.15, -0.1) is 0 Å². The smallest absolute Gasteiger partial charge is 0.168 e. The lowest BCUT2D eigenvalue weighted by Crippen LogP contribution is -2.20. The third-order valence-electron chi connectivity index (χ3n) is 5.95. The SMILES string of the molecule is CCC(C)c1cc(C(C)(C)c2ccc(OO)c(C(C)CC)c2)ccc1OO. The molecular weight excluding hydrogens is 340 g/mol. The van der Waals surface area contributed by atoms with E-state index >= 15 is 0 Å². The average molecular weight is 373 g/mol. The van der Waals surface area contributed by atoms with Gasteiger partial charge in [0.1, 0.15) is 0 Å². The molecule has 0 aliphatic heterocycles. The maximum absolute atomic E-state index is 9.22. The molecule has 0 fully saturated rings. The standard InChI is InChI=1S/C23H32O4/c1-7-15(3)19-13-17(9-11-21(19)26-24)23(5,6)18-10-12-22(27-25)20(14-18)16(4)8-2/h9-16,24-25H,7-8H2,1-6H3. The second kappa shape index (κ2) is 8.77. The van der Waals surface area contributed by atoms with Gasteiger partial charge >= 0.3 is 0 Å². The van der Waals surface area contributed by atoms with E-state index in [-0.39, 0.29) is 17.3 Å². The molecule has 0 aliphatic carbocycles. The summed E-state index contributed by atoms with van der Waals surface area (Å²) in [6.07, 6.45) is 1.92. The summed E-state index contributed by atoms with van der Waals surface area (Å²) in [6, 6.07) is 11.9. The summed E-state index contributed by atoms with van der Waals surface area (Å²) in [5.74, 6) is 1.58. The summed E-state index contributed by atoms with van der Waals surface area (Å²) in [5.41, 5.74) is 4.04. The van der Waals surface area contributed by atoms with Gasteiger partial charge in [-0.2, -0.15) is 0 Å². The molecule has 0 saturated heterocycles. The van der Waals surface area contributed by atoms with Gasteiger partial charge in [-0.05, 0) is 47.9 Å². The van der Waals surface area contributed by atoms with Crippen LogP contribution in [0.4, 0.5) is 0 Å². The fourth-order valence-electron chi connectivity index (χ4n) is 3.42. The molecule has 2 rings (SSSR count). The molecule has 0 bridgehead atoms. The monoisotopic (exact) mass is 372 g/mol. The zero-order valence-corrected chi connectivity index (χ0v) is 17.2. The van der Waals surface area contributed by atoms with Gasteiger partial charge in [0.15, 0.2) is 11.5 Å². The van der Waals surface area contributed by atoms with E-state index in [1.54, 1.807) is 0 Å². The van der Waals surface area contributed by atoms with Crippen LogP contribution < -0.4 is 9.78 Å². The Bertz CT molecular complexity index is 703. The molecule has 2 aromatic rings. The number of benzene rings is 2. The molecule has 0 saturated carbocycles. The van der Waals surface area contributed by atoms with E-state index in [1.165, 1.54) is 0 Å². The van der Waals surface area contributed by atoms with Crippen LogP contribution in [0.5, 0.6) is 11.5 Å². The van der Waals surface area contributed by atoms with Crippen LogP contribution in [0.25, 0.3) is 0 Å². The highest BCUT2D eigenvalue weighted by atomic mass is 17.1. The molecule has 0 spiro atoms. The van der Waals surface area contributed by atoms with Crippen molar-refractivity contribution < 1.29 is 20.3 Å². The first-order chi connectivity index (χ1) is 12.8. The van der Waals surface area contributed by atoms with Crippen LogP contribution >= 0.6 is 0 Å². The van der Waals surface area contributed by atoms with Crippen molar-refractivity contribution in [1.29, 1.82) is 0 Å². The van der Waals surface area contributed by atoms with Crippen LogP contribution in [-0.2, 0) is 5.41 Å². The van der Waals surface area contributed by atoms with Gasteiger partial charge in [-0.3, -0.25) is 0 Å². The summed E-state index contributed by atoms with van der Waals surface area (Å²) >= 11 is 0. The highest BCUT2D eigenvalue weighted by Gasteiger charge is 2.27. The average Bonchev–Trinajstić information content (AvgIpc) is 2.71. The maximum Gasteiger partial charge on any atom is 0.168 e. The molecular formula is C23H32O4. The molecule has 0 amide bonds. The zero-order valence-electron chi connectivity index (χ0n) is 17.2. The predicted octanol–water partition coefficient (Wildman–Crippen LogP) is 6.74. The normalized spacial score (nSPS) is 13.9. The topological polar surface area (TPSA) is 58.9 Å². The molecule has 0 heterocycles. The Morgan fingerprint density at radius 3 is 1.44 bits per heavy atom. The van der Waals surface area contributed by atoms with Crippen molar-refractivity contribution in [2.45, 2.75) is 71.6 Å². The molecule has 0 radical (unpaired) electrons. The molecule has 4 heteroatoms. The van der Waals surface area contributed by atoms with E-state index < -0.39 is 0 Å². The van der Waals surface area contributed by atoms with E-state index in [9.17, 15) is 10.5 Å². The molecule has 148 valence electrons. The minimum atomic E-state index is -0.258. The van der Waals surface area contributed by atoms with Gasteiger partial charge in [0.05, 0.1) is 0 Å². The highest BCUT2D eigenvalue weighted by molar-refractivity contribution is 5.48. The maximum atomic E-state index is 9.22. The van der Waals surface area contributed by atoms with Crippen LogP contribution in [0.15, 0.2) is 36.4 Å². The summed E-state index contributed by atoms with van der Waals surface area (Å²) in [4.78, 5) is 9.19. The second-order valence-electron chi connectivity index (χ2n) is 7.93. The Morgan fingerprint density at radius 1 is 0.778 bits per heavy atom.